The molecule has 0 aliphatic heterocycles. The minimum atomic E-state index is -6.06. The second-order valence-electron chi connectivity index (χ2n) is 4.48. The number of benzene rings is 1. The van der Waals surface area contributed by atoms with Crippen molar-refractivity contribution in [3.8, 4) is 0 Å². The average Bonchev–Trinajstić information content (AvgIpc) is 2.28. The van der Waals surface area contributed by atoms with Gasteiger partial charge in [0.1, 0.15) is 0 Å². The maximum absolute atomic E-state index is 12.8. The molecule has 2 N–H and O–H groups in total. The van der Waals surface area contributed by atoms with Crippen LogP contribution < -0.4 is 0 Å². The van der Waals surface area contributed by atoms with E-state index in [0.717, 1.165) is 19.9 Å². The molecule has 0 fully saturated rings. The highest BCUT2D eigenvalue weighted by molar-refractivity contribution is 5.88. The van der Waals surface area contributed by atoms with Crippen LogP contribution in [0.2, 0.25) is 0 Å². The van der Waals surface area contributed by atoms with E-state index in [2.05, 4.69) is 0 Å². The van der Waals surface area contributed by atoms with Gasteiger partial charge in [0.05, 0.1) is 5.56 Å². The summed E-state index contributed by atoms with van der Waals surface area (Å²) in [7, 11) is 0. The summed E-state index contributed by atoms with van der Waals surface area (Å²) in [5.74, 6) is -1.70. The fourth-order valence-electron chi connectivity index (χ4n) is 1.82. The van der Waals surface area contributed by atoms with E-state index < -0.39 is 40.6 Å². The first-order valence-corrected chi connectivity index (χ1v) is 5.44. The Kier molecular flexibility index (Phi) is 4.03. The summed E-state index contributed by atoms with van der Waals surface area (Å²) in [6.45, 7) is 2.09. The first-order valence-electron chi connectivity index (χ1n) is 5.44. The van der Waals surface area contributed by atoms with Crippen LogP contribution in [0.4, 0.5) is 26.3 Å². The number of aryl methyl sites for hydroxylation is 1. The number of carbonyl (C=O) groups is 1. The predicted molar refractivity (Wildman–Crippen MR) is 58.9 cm³/mol. The van der Waals surface area contributed by atoms with Gasteiger partial charge in [-0.15, -0.1) is 0 Å². The van der Waals surface area contributed by atoms with E-state index in [-0.39, 0.29) is 11.6 Å². The molecule has 1 aromatic rings. The second kappa shape index (κ2) is 4.90. The van der Waals surface area contributed by atoms with E-state index in [1.54, 1.807) is 0 Å². The normalized spacial score (nSPS) is 13.4. The molecule has 1 aromatic carbocycles. The molecule has 1 rings (SSSR count). The van der Waals surface area contributed by atoms with Crippen LogP contribution in [-0.4, -0.2) is 28.5 Å². The molecule has 0 bridgehead atoms. The quantitative estimate of drug-likeness (QED) is 0.823. The number of halogens is 6. The number of hydrogen-bond donors (Lipinski definition) is 2. The van der Waals surface area contributed by atoms with Gasteiger partial charge in [-0.25, -0.2) is 4.79 Å². The first kappa shape index (κ1) is 17.3. The lowest BCUT2D eigenvalue weighted by Crippen LogP contribution is -2.54. The first-order chi connectivity index (χ1) is 9.23. The van der Waals surface area contributed by atoms with Gasteiger partial charge in [-0.2, -0.15) is 26.3 Å². The van der Waals surface area contributed by atoms with E-state index in [1.165, 1.54) is 0 Å². The molecular weight excluding hydrogens is 306 g/mol. The van der Waals surface area contributed by atoms with Crippen LogP contribution in [0.25, 0.3) is 0 Å². The Morgan fingerprint density at radius 1 is 1.00 bits per heavy atom. The highest BCUT2D eigenvalue weighted by atomic mass is 19.4. The fourth-order valence-corrected chi connectivity index (χ4v) is 1.82. The number of aliphatic hydroxyl groups is 1. The number of hydrogen-bond acceptors (Lipinski definition) is 2. The van der Waals surface area contributed by atoms with Gasteiger partial charge in [-0.1, -0.05) is 0 Å². The standard InChI is InChI=1S/C12H10F6O3/c1-5-3-7(9(19)20)4-8(6(5)2)10(21,11(13,14)15)12(16,17)18/h3-4,21H,1-2H3,(H,19,20). The van der Waals surface area contributed by atoms with Crippen LogP contribution in [0.5, 0.6) is 0 Å². The Hall–Kier alpha value is -1.77. The number of alkyl halides is 6. The molecule has 0 heterocycles. The van der Waals surface area contributed by atoms with Gasteiger partial charge in [0.2, 0.25) is 0 Å². The Morgan fingerprint density at radius 3 is 1.76 bits per heavy atom. The SMILES string of the molecule is Cc1cc(C(=O)O)cc(C(O)(C(F)(F)F)C(F)(F)F)c1C. The smallest absolute Gasteiger partial charge is 0.430 e. The molecule has 0 aliphatic carbocycles. The lowest BCUT2D eigenvalue weighted by Gasteiger charge is -2.34. The van der Waals surface area contributed by atoms with E-state index in [0.29, 0.717) is 0 Å². The number of rotatable bonds is 2. The monoisotopic (exact) mass is 316 g/mol. The van der Waals surface area contributed by atoms with Crippen molar-refractivity contribution in [2.24, 2.45) is 0 Å². The molecule has 0 unspecified atom stereocenters. The topological polar surface area (TPSA) is 57.5 Å². The number of carboxylic acid groups (broad SMARTS) is 1. The summed E-state index contributed by atoms with van der Waals surface area (Å²) in [5, 5.41) is 18.1. The summed E-state index contributed by atoms with van der Waals surface area (Å²) in [4.78, 5) is 10.8. The van der Waals surface area contributed by atoms with E-state index in [9.17, 15) is 36.2 Å². The second-order valence-corrected chi connectivity index (χ2v) is 4.48. The zero-order chi connectivity index (χ0) is 16.8. The van der Waals surface area contributed by atoms with Crippen molar-refractivity contribution in [1.82, 2.24) is 0 Å². The molecule has 0 spiro atoms. The maximum Gasteiger partial charge on any atom is 0.430 e. The Labute approximate surface area is 114 Å². The third-order valence-electron chi connectivity index (χ3n) is 3.12. The van der Waals surface area contributed by atoms with Gasteiger partial charge in [0, 0.05) is 5.56 Å². The predicted octanol–water partition coefficient (Wildman–Crippen LogP) is 3.31. The van der Waals surface area contributed by atoms with Crippen LogP contribution >= 0.6 is 0 Å². The van der Waals surface area contributed by atoms with Crippen LogP contribution in [-0.2, 0) is 5.60 Å². The summed E-state index contributed by atoms with van der Waals surface area (Å²) < 4.78 is 76.9. The van der Waals surface area contributed by atoms with Crippen molar-refractivity contribution in [1.29, 1.82) is 0 Å². The Bertz CT molecular complexity index is 560. The average molecular weight is 316 g/mol. The molecule has 3 nitrogen and oxygen atoms in total. The molecule has 118 valence electrons. The van der Waals surface area contributed by atoms with E-state index in [1.807, 2.05) is 0 Å². The van der Waals surface area contributed by atoms with E-state index in [4.69, 9.17) is 5.11 Å². The summed E-state index contributed by atoms with van der Waals surface area (Å²) in [6.07, 6.45) is -12.1. The fraction of sp³-hybridized carbons (Fsp3) is 0.417. The molecule has 0 radical (unpaired) electrons. The Balaban J connectivity index is 3.80. The molecule has 0 saturated carbocycles. The molecule has 0 aliphatic rings. The van der Waals surface area contributed by atoms with Crippen LogP contribution in [0, 0.1) is 13.8 Å². The number of carboxylic acids is 1. The van der Waals surface area contributed by atoms with Gasteiger partial charge in [0.15, 0.2) is 0 Å². The van der Waals surface area contributed by atoms with Crippen LogP contribution in [0.1, 0.15) is 27.0 Å². The van der Waals surface area contributed by atoms with E-state index >= 15 is 0 Å². The highest BCUT2D eigenvalue weighted by Gasteiger charge is 2.71. The molecular formula is C12H10F6O3. The molecule has 0 saturated heterocycles. The van der Waals surface area contributed by atoms with Gasteiger partial charge < -0.3 is 10.2 Å². The molecule has 0 amide bonds. The third-order valence-corrected chi connectivity index (χ3v) is 3.12. The van der Waals surface area contributed by atoms with Crippen LogP contribution in [0.3, 0.4) is 0 Å². The van der Waals surface area contributed by atoms with Crippen molar-refractivity contribution in [2.75, 3.05) is 0 Å². The maximum atomic E-state index is 12.8. The zero-order valence-corrected chi connectivity index (χ0v) is 10.7. The third kappa shape index (κ3) is 2.69. The van der Waals surface area contributed by atoms with Crippen LogP contribution in [0.15, 0.2) is 12.1 Å². The van der Waals surface area contributed by atoms with Gasteiger partial charge in [-0.05, 0) is 37.1 Å². The summed E-state index contributed by atoms with van der Waals surface area (Å²) in [5.41, 5.74) is -8.06. The highest BCUT2D eigenvalue weighted by Crippen LogP contribution is 2.51. The minimum Gasteiger partial charge on any atom is -0.478 e. The zero-order valence-electron chi connectivity index (χ0n) is 10.7. The van der Waals surface area contributed by atoms with Crippen molar-refractivity contribution < 1.29 is 41.4 Å². The lowest BCUT2D eigenvalue weighted by atomic mass is 9.85. The van der Waals surface area contributed by atoms with Crippen molar-refractivity contribution in [3.05, 3.63) is 34.4 Å². The number of aromatic carboxylic acids is 1. The Morgan fingerprint density at radius 2 is 1.43 bits per heavy atom. The summed E-state index contributed by atoms with van der Waals surface area (Å²) >= 11 is 0. The molecule has 21 heavy (non-hydrogen) atoms. The summed E-state index contributed by atoms with van der Waals surface area (Å²) in [6, 6.07) is 1.11. The van der Waals surface area contributed by atoms with Crippen molar-refractivity contribution >= 4 is 5.97 Å². The lowest BCUT2D eigenvalue weighted by molar-refractivity contribution is -0.376. The van der Waals surface area contributed by atoms with Gasteiger partial charge in [0.25, 0.3) is 5.60 Å². The largest absolute Gasteiger partial charge is 0.478 e. The molecule has 0 aromatic heterocycles. The van der Waals surface area contributed by atoms with Gasteiger partial charge in [-0.3, -0.25) is 0 Å². The van der Waals surface area contributed by atoms with Gasteiger partial charge >= 0.3 is 18.3 Å². The van der Waals surface area contributed by atoms with Crippen molar-refractivity contribution in [2.45, 2.75) is 31.8 Å². The molecule has 9 heteroatoms. The minimum absolute atomic E-state index is 0.114. The van der Waals surface area contributed by atoms with Crippen molar-refractivity contribution in [3.63, 3.8) is 0 Å². The molecule has 0 atom stereocenters.